The van der Waals surface area contributed by atoms with Gasteiger partial charge in [-0.2, -0.15) is 5.10 Å². The van der Waals surface area contributed by atoms with Gasteiger partial charge in [-0.1, -0.05) is 11.6 Å². The van der Waals surface area contributed by atoms with Crippen LogP contribution in [0.1, 0.15) is 5.82 Å². The zero-order valence-corrected chi connectivity index (χ0v) is 6.71. The monoisotopic (exact) mass is 167 g/mol. The van der Waals surface area contributed by atoms with Crippen LogP contribution in [0.15, 0.2) is 18.3 Å². The second kappa shape index (κ2) is 2.20. The molecule has 2 aromatic rings. The average molecular weight is 168 g/mol. The van der Waals surface area contributed by atoms with E-state index in [1.807, 2.05) is 13.0 Å². The minimum absolute atomic E-state index is 0.485. The second-order valence-electron chi connectivity index (χ2n) is 2.30. The molecule has 0 aromatic carbocycles. The van der Waals surface area contributed by atoms with Gasteiger partial charge < -0.3 is 0 Å². The van der Waals surface area contributed by atoms with E-state index in [0.29, 0.717) is 5.15 Å². The maximum Gasteiger partial charge on any atom is 0.150 e. The summed E-state index contributed by atoms with van der Waals surface area (Å²) in [6.07, 6.45) is 1.76. The van der Waals surface area contributed by atoms with E-state index in [2.05, 4.69) is 10.1 Å². The lowest BCUT2D eigenvalue weighted by molar-refractivity contribution is 0.877. The second-order valence-corrected chi connectivity index (χ2v) is 2.69. The van der Waals surface area contributed by atoms with E-state index in [1.54, 1.807) is 16.8 Å². The smallest absolute Gasteiger partial charge is 0.150 e. The molecular weight excluding hydrogens is 162 g/mol. The third kappa shape index (κ3) is 0.973. The summed E-state index contributed by atoms with van der Waals surface area (Å²) >= 11 is 5.69. The molecule has 0 spiro atoms. The van der Waals surface area contributed by atoms with Crippen LogP contribution >= 0.6 is 11.6 Å². The highest BCUT2D eigenvalue weighted by atomic mass is 35.5. The molecular formula is C7H6ClN3. The number of aromatic nitrogens is 3. The molecule has 0 fully saturated rings. The quantitative estimate of drug-likeness (QED) is 0.598. The van der Waals surface area contributed by atoms with Crippen LogP contribution in [0.4, 0.5) is 0 Å². The normalized spacial score (nSPS) is 10.7. The standard InChI is InChI=1S/C7H6ClN3/c1-5-9-4-6-2-3-7(8)10-11(5)6/h2-4H,1H3. The first-order valence-corrected chi connectivity index (χ1v) is 3.62. The van der Waals surface area contributed by atoms with E-state index in [1.165, 1.54) is 0 Å². The predicted molar refractivity (Wildman–Crippen MR) is 42.7 cm³/mol. The topological polar surface area (TPSA) is 30.2 Å². The minimum atomic E-state index is 0.485. The molecule has 2 heterocycles. The Morgan fingerprint density at radius 3 is 3.09 bits per heavy atom. The maximum atomic E-state index is 5.69. The molecule has 0 N–H and O–H groups in total. The van der Waals surface area contributed by atoms with Crippen LogP contribution in [-0.4, -0.2) is 14.6 Å². The van der Waals surface area contributed by atoms with Crippen molar-refractivity contribution < 1.29 is 0 Å². The number of fused-ring (bicyclic) bond motifs is 1. The molecule has 0 bridgehead atoms. The molecule has 0 saturated heterocycles. The summed E-state index contributed by atoms with van der Waals surface area (Å²) in [5, 5.41) is 4.54. The van der Waals surface area contributed by atoms with Crippen molar-refractivity contribution in [3.63, 3.8) is 0 Å². The summed E-state index contributed by atoms with van der Waals surface area (Å²) in [5.74, 6) is 0.850. The van der Waals surface area contributed by atoms with Gasteiger partial charge in [-0.25, -0.2) is 9.50 Å². The third-order valence-electron chi connectivity index (χ3n) is 1.52. The van der Waals surface area contributed by atoms with Crippen LogP contribution in [0, 0.1) is 6.92 Å². The Bertz CT molecular complexity index is 393. The number of aryl methyl sites for hydroxylation is 1. The first-order valence-electron chi connectivity index (χ1n) is 3.24. The predicted octanol–water partition coefficient (Wildman–Crippen LogP) is 1.69. The van der Waals surface area contributed by atoms with Crippen molar-refractivity contribution in [1.29, 1.82) is 0 Å². The van der Waals surface area contributed by atoms with E-state index in [9.17, 15) is 0 Å². The van der Waals surface area contributed by atoms with E-state index in [4.69, 9.17) is 11.6 Å². The molecule has 0 aliphatic heterocycles. The van der Waals surface area contributed by atoms with Gasteiger partial charge in [0.05, 0.1) is 11.7 Å². The van der Waals surface area contributed by atoms with Gasteiger partial charge in [-0.15, -0.1) is 0 Å². The van der Waals surface area contributed by atoms with Crippen LogP contribution in [0.25, 0.3) is 5.52 Å². The van der Waals surface area contributed by atoms with Crippen LogP contribution in [0.3, 0.4) is 0 Å². The highest BCUT2D eigenvalue weighted by Gasteiger charge is 1.98. The van der Waals surface area contributed by atoms with E-state index < -0.39 is 0 Å². The fourth-order valence-electron chi connectivity index (χ4n) is 0.983. The SMILES string of the molecule is Cc1ncc2ccc(Cl)nn12. The molecule has 4 heteroatoms. The van der Waals surface area contributed by atoms with Crippen molar-refractivity contribution >= 4 is 17.1 Å². The summed E-state index contributed by atoms with van der Waals surface area (Å²) in [7, 11) is 0. The molecule has 0 atom stereocenters. The first-order chi connectivity index (χ1) is 5.27. The molecule has 0 unspecified atom stereocenters. The van der Waals surface area contributed by atoms with Crippen molar-refractivity contribution in [2.75, 3.05) is 0 Å². The van der Waals surface area contributed by atoms with Crippen LogP contribution in [-0.2, 0) is 0 Å². The van der Waals surface area contributed by atoms with Crippen molar-refractivity contribution in [1.82, 2.24) is 14.6 Å². The summed E-state index contributed by atoms with van der Waals surface area (Å²) in [6.45, 7) is 1.89. The van der Waals surface area contributed by atoms with Gasteiger partial charge in [0.2, 0.25) is 0 Å². The largest absolute Gasteiger partial charge is 0.239 e. The van der Waals surface area contributed by atoms with Gasteiger partial charge in [-0.05, 0) is 19.1 Å². The third-order valence-corrected chi connectivity index (χ3v) is 1.72. The lowest BCUT2D eigenvalue weighted by atomic mass is 10.5. The van der Waals surface area contributed by atoms with Gasteiger partial charge in [0.15, 0.2) is 0 Å². The number of hydrogen-bond acceptors (Lipinski definition) is 2. The van der Waals surface area contributed by atoms with Crippen molar-refractivity contribution in [3.8, 4) is 0 Å². The lowest BCUT2D eigenvalue weighted by Gasteiger charge is -1.93. The van der Waals surface area contributed by atoms with Crippen LogP contribution in [0.5, 0.6) is 0 Å². The van der Waals surface area contributed by atoms with Gasteiger partial charge in [0.1, 0.15) is 11.0 Å². The van der Waals surface area contributed by atoms with Crippen LogP contribution < -0.4 is 0 Å². The van der Waals surface area contributed by atoms with Gasteiger partial charge in [0.25, 0.3) is 0 Å². The van der Waals surface area contributed by atoms with Crippen molar-refractivity contribution in [3.05, 3.63) is 29.3 Å². The van der Waals surface area contributed by atoms with Gasteiger partial charge >= 0.3 is 0 Å². The molecule has 0 aliphatic rings. The zero-order valence-electron chi connectivity index (χ0n) is 5.95. The molecule has 0 radical (unpaired) electrons. The van der Waals surface area contributed by atoms with Gasteiger partial charge in [0, 0.05) is 0 Å². The highest BCUT2D eigenvalue weighted by Crippen LogP contribution is 2.08. The Morgan fingerprint density at radius 2 is 2.27 bits per heavy atom. The van der Waals surface area contributed by atoms with E-state index >= 15 is 0 Å². The van der Waals surface area contributed by atoms with E-state index in [0.717, 1.165) is 11.3 Å². The summed E-state index contributed by atoms with van der Waals surface area (Å²) in [4.78, 5) is 4.08. The number of nitrogens with zero attached hydrogens (tertiary/aromatic N) is 3. The Labute approximate surface area is 68.6 Å². The number of imidazole rings is 1. The summed E-state index contributed by atoms with van der Waals surface area (Å²) < 4.78 is 1.71. The Morgan fingerprint density at radius 1 is 1.45 bits per heavy atom. The molecule has 56 valence electrons. The molecule has 2 aromatic heterocycles. The number of halogens is 1. The first kappa shape index (κ1) is 6.61. The Kier molecular flexibility index (Phi) is 1.32. The van der Waals surface area contributed by atoms with E-state index in [-0.39, 0.29) is 0 Å². The Balaban J connectivity index is 2.87. The maximum absolute atomic E-state index is 5.69. The lowest BCUT2D eigenvalue weighted by Crippen LogP contribution is -1.92. The van der Waals surface area contributed by atoms with Crippen molar-refractivity contribution in [2.24, 2.45) is 0 Å². The Hall–Kier alpha value is -1.09. The molecule has 0 saturated carbocycles. The molecule has 3 nitrogen and oxygen atoms in total. The van der Waals surface area contributed by atoms with Crippen molar-refractivity contribution in [2.45, 2.75) is 6.92 Å². The zero-order chi connectivity index (χ0) is 7.84. The molecule has 11 heavy (non-hydrogen) atoms. The average Bonchev–Trinajstić information content (AvgIpc) is 2.33. The molecule has 2 rings (SSSR count). The fourth-order valence-corrected chi connectivity index (χ4v) is 1.12. The summed E-state index contributed by atoms with van der Waals surface area (Å²) in [5.41, 5.74) is 0.965. The summed E-state index contributed by atoms with van der Waals surface area (Å²) in [6, 6.07) is 3.63. The number of hydrogen-bond donors (Lipinski definition) is 0. The minimum Gasteiger partial charge on any atom is -0.239 e. The fraction of sp³-hybridized carbons (Fsp3) is 0.143. The molecule has 0 amide bonds. The molecule has 0 aliphatic carbocycles. The highest BCUT2D eigenvalue weighted by molar-refractivity contribution is 6.29. The number of rotatable bonds is 0. The van der Waals surface area contributed by atoms with Crippen LogP contribution in [0.2, 0.25) is 5.15 Å². The van der Waals surface area contributed by atoms with Gasteiger partial charge in [-0.3, -0.25) is 0 Å².